The minimum atomic E-state index is -0.608. The molecule has 2 heteroatoms. The van der Waals surface area contributed by atoms with Crippen LogP contribution in [0.1, 0.15) is 26.7 Å². The van der Waals surface area contributed by atoms with Crippen LogP contribution in [0.4, 0.5) is 0 Å². The maximum absolute atomic E-state index is 5.29. The second-order valence-electron chi connectivity index (χ2n) is 2.30. The fourth-order valence-electron chi connectivity index (χ4n) is 0.877. The highest BCUT2D eigenvalue weighted by Gasteiger charge is 2.21. The summed E-state index contributed by atoms with van der Waals surface area (Å²) in [4.78, 5) is 0. The van der Waals surface area contributed by atoms with Gasteiger partial charge in [-0.15, -0.1) is 0 Å². The molecule has 0 saturated heterocycles. The average molecular weight is 145 g/mol. The Morgan fingerprint density at radius 1 is 1.40 bits per heavy atom. The lowest BCUT2D eigenvalue weighted by molar-refractivity contribution is -0.191. The summed E-state index contributed by atoms with van der Waals surface area (Å²) in [5.74, 6) is -0.608. The SMILES string of the molecule is [CH2]C(CCC)(OC)OCC. The molecule has 0 aromatic carbocycles. The van der Waals surface area contributed by atoms with Gasteiger partial charge in [0.25, 0.3) is 0 Å². The molecule has 10 heavy (non-hydrogen) atoms. The first-order valence-electron chi connectivity index (χ1n) is 3.73. The van der Waals surface area contributed by atoms with Crippen LogP contribution in [0, 0.1) is 6.92 Å². The van der Waals surface area contributed by atoms with Gasteiger partial charge in [-0.3, -0.25) is 0 Å². The fraction of sp³-hybridized carbons (Fsp3) is 0.875. The molecule has 0 aliphatic rings. The molecule has 0 spiro atoms. The summed E-state index contributed by atoms with van der Waals surface area (Å²) in [6, 6.07) is 0. The van der Waals surface area contributed by atoms with E-state index in [0.29, 0.717) is 6.61 Å². The van der Waals surface area contributed by atoms with Gasteiger partial charge in [0, 0.05) is 27.1 Å². The quantitative estimate of drug-likeness (QED) is 0.551. The summed E-state index contributed by atoms with van der Waals surface area (Å²) in [5.41, 5.74) is 0. The van der Waals surface area contributed by atoms with Gasteiger partial charge in [-0.25, -0.2) is 0 Å². The van der Waals surface area contributed by atoms with E-state index in [4.69, 9.17) is 9.47 Å². The summed E-state index contributed by atoms with van der Waals surface area (Å²) >= 11 is 0. The average Bonchev–Trinajstić information content (AvgIpc) is 1.89. The van der Waals surface area contributed by atoms with Crippen molar-refractivity contribution >= 4 is 0 Å². The Kier molecular flexibility index (Phi) is 4.65. The van der Waals surface area contributed by atoms with Crippen LogP contribution in [0.15, 0.2) is 0 Å². The van der Waals surface area contributed by atoms with Crippen LogP contribution in [0.25, 0.3) is 0 Å². The fourth-order valence-corrected chi connectivity index (χ4v) is 0.877. The smallest absolute Gasteiger partial charge is 0.168 e. The number of hydrogen-bond donors (Lipinski definition) is 0. The predicted molar refractivity (Wildman–Crippen MR) is 41.6 cm³/mol. The van der Waals surface area contributed by atoms with Gasteiger partial charge in [0.1, 0.15) is 0 Å². The lowest BCUT2D eigenvalue weighted by Gasteiger charge is -2.26. The Hall–Kier alpha value is -0.0800. The molecule has 0 N–H and O–H groups in total. The zero-order valence-corrected chi connectivity index (χ0v) is 7.14. The van der Waals surface area contributed by atoms with Crippen LogP contribution in [0.5, 0.6) is 0 Å². The molecule has 0 heterocycles. The third kappa shape index (κ3) is 3.18. The summed E-state index contributed by atoms with van der Waals surface area (Å²) in [5, 5.41) is 0. The maximum atomic E-state index is 5.29. The van der Waals surface area contributed by atoms with Gasteiger partial charge >= 0.3 is 0 Å². The first-order valence-corrected chi connectivity index (χ1v) is 3.73. The van der Waals surface area contributed by atoms with Crippen molar-refractivity contribution in [2.24, 2.45) is 0 Å². The summed E-state index contributed by atoms with van der Waals surface area (Å²) in [7, 11) is 1.62. The molecule has 0 saturated carbocycles. The highest BCUT2D eigenvalue weighted by molar-refractivity contribution is 4.70. The highest BCUT2D eigenvalue weighted by Crippen LogP contribution is 2.16. The zero-order valence-electron chi connectivity index (χ0n) is 7.14. The van der Waals surface area contributed by atoms with Crippen molar-refractivity contribution in [2.45, 2.75) is 32.5 Å². The van der Waals surface area contributed by atoms with Crippen molar-refractivity contribution < 1.29 is 9.47 Å². The second-order valence-corrected chi connectivity index (χ2v) is 2.30. The molecule has 0 rings (SSSR count). The molecule has 0 aromatic rings. The summed E-state index contributed by atoms with van der Waals surface area (Å²) in [6.07, 6.45) is 1.87. The normalized spacial score (nSPS) is 16.8. The number of hydrogen-bond acceptors (Lipinski definition) is 2. The van der Waals surface area contributed by atoms with Crippen LogP contribution in [0.2, 0.25) is 0 Å². The Labute approximate surface area is 63.5 Å². The maximum Gasteiger partial charge on any atom is 0.168 e. The van der Waals surface area contributed by atoms with Crippen molar-refractivity contribution in [3.8, 4) is 0 Å². The van der Waals surface area contributed by atoms with Gasteiger partial charge in [-0.2, -0.15) is 0 Å². The van der Waals surface area contributed by atoms with E-state index in [0.717, 1.165) is 12.8 Å². The van der Waals surface area contributed by atoms with Gasteiger partial charge in [0.05, 0.1) is 0 Å². The molecule has 1 atom stereocenters. The van der Waals surface area contributed by atoms with E-state index < -0.39 is 5.79 Å². The highest BCUT2D eigenvalue weighted by atomic mass is 16.7. The second kappa shape index (κ2) is 4.69. The molecule has 61 valence electrons. The predicted octanol–water partition coefficient (Wildman–Crippen LogP) is 2.00. The molecule has 2 nitrogen and oxygen atoms in total. The van der Waals surface area contributed by atoms with Gasteiger partial charge in [0.15, 0.2) is 5.79 Å². The molecule has 0 bridgehead atoms. The lowest BCUT2D eigenvalue weighted by Crippen LogP contribution is -2.31. The molecule has 0 aliphatic heterocycles. The standard InChI is InChI=1S/C8H17O2/c1-5-7-8(3,9-4)10-6-2/h3,5-7H2,1-2,4H3. The van der Waals surface area contributed by atoms with Crippen molar-refractivity contribution in [3.05, 3.63) is 6.92 Å². The molecular formula is C8H17O2. The van der Waals surface area contributed by atoms with E-state index in [2.05, 4.69) is 13.8 Å². The monoisotopic (exact) mass is 145 g/mol. The molecule has 0 aromatic heterocycles. The number of rotatable bonds is 5. The topological polar surface area (TPSA) is 18.5 Å². The first kappa shape index (κ1) is 9.92. The van der Waals surface area contributed by atoms with Crippen LogP contribution in [-0.4, -0.2) is 19.5 Å². The van der Waals surface area contributed by atoms with E-state index in [1.165, 1.54) is 0 Å². The third-order valence-electron chi connectivity index (χ3n) is 1.41. The van der Waals surface area contributed by atoms with Gasteiger partial charge in [-0.1, -0.05) is 13.3 Å². The van der Waals surface area contributed by atoms with Crippen molar-refractivity contribution in [1.82, 2.24) is 0 Å². The van der Waals surface area contributed by atoms with Gasteiger partial charge < -0.3 is 9.47 Å². The minimum Gasteiger partial charge on any atom is -0.353 e. The van der Waals surface area contributed by atoms with E-state index in [1.807, 2.05) is 6.92 Å². The summed E-state index contributed by atoms with van der Waals surface area (Å²) in [6.45, 7) is 8.49. The van der Waals surface area contributed by atoms with Crippen LogP contribution < -0.4 is 0 Å². The molecule has 0 aliphatic carbocycles. The lowest BCUT2D eigenvalue weighted by atomic mass is 10.2. The van der Waals surface area contributed by atoms with Crippen LogP contribution in [-0.2, 0) is 9.47 Å². The Morgan fingerprint density at radius 2 is 2.00 bits per heavy atom. The zero-order chi connectivity index (χ0) is 8.04. The number of methoxy groups -OCH3 is 1. The molecule has 0 amide bonds. The largest absolute Gasteiger partial charge is 0.353 e. The van der Waals surface area contributed by atoms with Crippen LogP contribution >= 0.6 is 0 Å². The Balaban J connectivity index is 3.69. The molecule has 0 fully saturated rings. The first-order chi connectivity index (χ1) is 4.68. The van der Waals surface area contributed by atoms with E-state index >= 15 is 0 Å². The molecule has 1 radical (unpaired) electrons. The van der Waals surface area contributed by atoms with Gasteiger partial charge in [0.2, 0.25) is 0 Å². The van der Waals surface area contributed by atoms with Crippen molar-refractivity contribution in [1.29, 1.82) is 0 Å². The van der Waals surface area contributed by atoms with E-state index in [1.54, 1.807) is 7.11 Å². The Bertz CT molecular complexity index is 75.3. The molecule has 1 unspecified atom stereocenters. The van der Waals surface area contributed by atoms with E-state index in [9.17, 15) is 0 Å². The minimum absolute atomic E-state index is 0.608. The third-order valence-corrected chi connectivity index (χ3v) is 1.41. The van der Waals surface area contributed by atoms with Crippen molar-refractivity contribution in [3.63, 3.8) is 0 Å². The van der Waals surface area contributed by atoms with Crippen molar-refractivity contribution in [2.75, 3.05) is 13.7 Å². The van der Waals surface area contributed by atoms with E-state index in [-0.39, 0.29) is 0 Å². The molecular weight excluding hydrogens is 128 g/mol. The van der Waals surface area contributed by atoms with Gasteiger partial charge in [-0.05, 0) is 6.92 Å². The summed E-state index contributed by atoms with van der Waals surface area (Å²) < 4.78 is 10.4. The Morgan fingerprint density at radius 3 is 2.30 bits per heavy atom. The number of ether oxygens (including phenoxy) is 2. The van der Waals surface area contributed by atoms with Crippen LogP contribution in [0.3, 0.4) is 0 Å².